The summed E-state index contributed by atoms with van der Waals surface area (Å²) in [4.78, 5) is 29.5. The van der Waals surface area contributed by atoms with Crippen molar-refractivity contribution >= 4 is 21.7 Å². The molecule has 0 aromatic rings. The van der Waals surface area contributed by atoms with Crippen molar-refractivity contribution in [3.05, 3.63) is 0 Å². The van der Waals surface area contributed by atoms with Crippen LogP contribution in [0, 0.1) is 11.8 Å². The van der Waals surface area contributed by atoms with Gasteiger partial charge in [0.2, 0.25) is 11.8 Å². The molecule has 1 heterocycles. The molecule has 10 heteroatoms. The number of piperazine rings is 1. The monoisotopic (exact) mass is 478 g/mol. The van der Waals surface area contributed by atoms with Crippen LogP contribution in [-0.2, 0) is 24.2 Å². The molecule has 1 saturated heterocycles. The predicted octanol–water partition coefficient (Wildman–Crippen LogP) is 2.14. The van der Waals surface area contributed by atoms with Gasteiger partial charge in [-0.25, -0.2) is 17.2 Å². The number of hydrogen-bond acceptors (Lipinski definition) is 5. The molecule has 0 aromatic heterocycles. The van der Waals surface area contributed by atoms with Crippen molar-refractivity contribution in [1.82, 2.24) is 9.80 Å². The maximum atomic E-state index is 14.8. The minimum absolute atomic E-state index is 0.152. The minimum Gasteiger partial charge on any atom is -0.381 e. The van der Waals surface area contributed by atoms with Gasteiger partial charge in [0.05, 0.1) is 23.2 Å². The molecule has 2 amide bonds. The Morgan fingerprint density at radius 1 is 0.875 bits per heavy atom. The second-order valence-electron chi connectivity index (χ2n) is 9.87. The zero-order chi connectivity index (χ0) is 23.8. The quantitative estimate of drug-likeness (QED) is 0.618. The molecular weight excluding hydrogens is 442 g/mol. The van der Waals surface area contributed by atoms with Crippen LogP contribution in [0.25, 0.3) is 0 Å². The number of amides is 2. The van der Waals surface area contributed by atoms with E-state index < -0.39 is 39.3 Å². The van der Waals surface area contributed by atoms with Crippen molar-refractivity contribution in [1.29, 1.82) is 0 Å². The van der Waals surface area contributed by atoms with Gasteiger partial charge in [0.1, 0.15) is 22.2 Å². The second-order valence-corrected chi connectivity index (χ2v) is 12.2. The Hall–Kier alpha value is -1.29. The Balaban J connectivity index is 1.62. The van der Waals surface area contributed by atoms with Gasteiger partial charge in [-0.3, -0.25) is 9.59 Å². The molecule has 32 heavy (non-hydrogen) atoms. The van der Waals surface area contributed by atoms with Gasteiger partial charge in [-0.15, -0.1) is 0 Å². The zero-order valence-corrected chi connectivity index (χ0v) is 20.2. The van der Waals surface area contributed by atoms with Gasteiger partial charge >= 0.3 is 0 Å². The predicted molar refractivity (Wildman–Crippen MR) is 116 cm³/mol. The Kier molecular flexibility index (Phi) is 7.85. The molecular formula is C22H36F2N2O5S. The zero-order valence-electron chi connectivity index (χ0n) is 19.4. The molecule has 0 spiro atoms. The molecule has 2 saturated carbocycles. The number of carbonyl (C=O) groups is 2. The first-order chi connectivity index (χ1) is 14.9. The molecule has 3 rings (SSSR count). The maximum absolute atomic E-state index is 14.8. The SMILES string of the molecule is COC1CCC(C(=O)N2[C@H](C)CN(C(=O)C3CCC(S(C)(=O)=O)CC3F)C[C@H]2C)C(F)C1. The first kappa shape index (κ1) is 25.3. The summed E-state index contributed by atoms with van der Waals surface area (Å²) in [5.41, 5.74) is 0. The lowest BCUT2D eigenvalue weighted by Gasteiger charge is -2.47. The molecule has 2 aliphatic carbocycles. The highest BCUT2D eigenvalue weighted by Gasteiger charge is 2.45. The Bertz CT molecular complexity index is 798. The van der Waals surface area contributed by atoms with Crippen LogP contribution in [0.15, 0.2) is 0 Å². The third-order valence-corrected chi connectivity index (χ3v) is 9.15. The number of carbonyl (C=O) groups excluding carboxylic acids is 2. The minimum atomic E-state index is -3.34. The Morgan fingerprint density at radius 2 is 1.41 bits per heavy atom. The van der Waals surface area contributed by atoms with Gasteiger partial charge in [-0.2, -0.15) is 0 Å². The number of rotatable bonds is 4. The first-order valence-electron chi connectivity index (χ1n) is 11.5. The fraction of sp³-hybridized carbons (Fsp3) is 0.909. The summed E-state index contributed by atoms with van der Waals surface area (Å²) in [5, 5.41) is -0.740. The molecule has 0 bridgehead atoms. The van der Waals surface area contributed by atoms with E-state index in [0.29, 0.717) is 12.8 Å². The van der Waals surface area contributed by atoms with Crippen molar-refractivity contribution in [2.24, 2.45) is 11.8 Å². The summed E-state index contributed by atoms with van der Waals surface area (Å²) in [6, 6.07) is -0.624. The lowest BCUT2D eigenvalue weighted by Crippen LogP contribution is -2.62. The van der Waals surface area contributed by atoms with E-state index in [4.69, 9.17) is 4.74 Å². The summed E-state index contributed by atoms with van der Waals surface area (Å²) in [7, 11) is -1.78. The summed E-state index contributed by atoms with van der Waals surface area (Å²) in [6.45, 7) is 4.18. The van der Waals surface area contributed by atoms with Gasteiger partial charge < -0.3 is 14.5 Å². The normalized spacial score (nSPS) is 39.1. The largest absolute Gasteiger partial charge is 0.381 e. The molecule has 3 fully saturated rings. The topological polar surface area (TPSA) is 84.0 Å². The van der Waals surface area contributed by atoms with Crippen LogP contribution in [0.1, 0.15) is 52.4 Å². The van der Waals surface area contributed by atoms with Crippen molar-refractivity contribution < 1.29 is 31.5 Å². The van der Waals surface area contributed by atoms with E-state index in [1.807, 2.05) is 13.8 Å². The smallest absolute Gasteiger partial charge is 0.229 e. The highest BCUT2D eigenvalue weighted by molar-refractivity contribution is 7.91. The van der Waals surface area contributed by atoms with Gasteiger partial charge in [0, 0.05) is 45.0 Å². The molecule has 7 nitrogen and oxygen atoms in total. The van der Waals surface area contributed by atoms with E-state index in [-0.39, 0.29) is 68.8 Å². The van der Waals surface area contributed by atoms with Crippen LogP contribution < -0.4 is 0 Å². The van der Waals surface area contributed by atoms with Crippen molar-refractivity contribution in [2.75, 3.05) is 26.5 Å². The summed E-state index contributed by atoms with van der Waals surface area (Å²) >= 11 is 0. The van der Waals surface area contributed by atoms with Gasteiger partial charge in [0.15, 0.2) is 0 Å². The van der Waals surface area contributed by atoms with Crippen LogP contribution in [0.4, 0.5) is 8.78 Å². The average molecular weight is 479 g/mol. The number of sulfone groups is 1. The highest BCUT2D eigenvalue weighted by Crippen LogP contribution is 2.35. The lowest BCUT2D eigenvalue weighted by molar-refractivity contribution is -0.155. The number of methoxy groups -OCH3 is 1. The van der Waals surface area contributed by atoms with Crippen molar-refractivity contribution in [2.45, 2.75) is 88.2 Å². The molecule has 0 N–H and O–H groups in total. The molecule has 0 radical (unpaired) electrons. The fourth-order valence-electron chi connectivity index (χ4n) is 5.68. The van der Waals surface area contributed by atoms with Crippen LogP contribution in [0.2, 0.25) is 0 Å². The lowest BCUT2D eigenvalue weighted by atomic mass is 9.83. The summed E-state index contributed by atoms with van der Waals surface area (Å²) < 4.78 is 58.2. The number of alkyl halides is 2. The summed E-state index contributed by atoms with van der Waals surface area (Å²) in [5.74, 6) is -2.10. The van der Waals surface area contributed by atoms with E-state index in [0.717, 1.165) is 6.26 Å². The number of nitrogens with zero attached hydrogens (tertiary/aromatic N) is 2. The molecule has 8 atom stereocenters. The maximum Gasteiger partial charge on any atom is 0.229 e. The van der Waals surface area contributed by atoms with E-state index in [1.54, 1.807) is 16.9 Å². The third-order valence-electron chi connectivity index (χ3n) is 7.51. The van der Waals surface area contributed by atoms with Crippen LogP contribution in [-0.4, -0.2) is 92.3 Å². The average Bonchev–Trinajstić information content (AvgIpc) is 2.71. The van der Waals surface area contributed by atoms with E-state index in [2.05, 4.69) is 0 Å². The third kappa shape index (κ3) is 5.26. The number of hydrogen-bond donors (Lipinski definition) is 0. The van der Waals surface area contributed by atoms with Crippen LogP contribution in [0.3, 0.4) is 0 Å². The van der Waals surface area contributed by atoms with E-state index in [1.165, 1.54) is 0 Å². The van der Waals surface area contributed by atoms with E-state index in [9.17, 15) is 26.8 Å². The molecule has 1 aliphatic heterocycles. The van der Waals surface area contributed by atoms with Crippen LogP contribution >= 0.6 is 0 Å². The second kappa shape index (κ2) is 9.91. The molecule has 184 valence electrons. The molecule has 3 aliphatic rings. The van der Waals surface area contributed by atoms with Crippen LogP contribution in [0.5, 0.6) is 0 Å². The summed E-state index contributed by atoms with van der Waals surface area (Å²) in [6.07, 6.45) is -0.189. The van der Waals surface area contributed by atoms with Crippen molar-refractivity contribution in [3.63, 3.8) is 0 Å². The van der Waals surface area contributed by atoms with Gasteiger partial charge in [-0.05, 0) is 46.0 Å². The fourth-order valence-corrected chi connectivity index (χ4v) is 6.78. The highest BCUT2D eigenvalue weighted by atomic mass is 32.2. The van der Waals surface area contributed by atoms with Gasteiger partial charge in [-0.1, -0.05) is 0 Å². The first-order valence-corrected chi connectivity index (χ1v) is 13.5. The molecule has 0 aromatic carbocycles. The Morgan fingerprint density at radius 3 is 1.91 bits per heavy atom. The van der Waals surface area contributed by atoms with E-state index >= 15 is 0 Å². The molecule has 6 unspecified atom stereocenters. The van der Waals surface area contributed by atoms with Gasteiger partial charge in [0.25, 0.3) is 0 Å². The Labute approximate surface area is 189 Å². The number of halogens is 2. The van der Waals surface area contributed by atoms with Crippen molar-refractivity contribution in [3.8, 4) is 0 Å². The number of ether oxygens (including phenoxy) is 1. The standard InChI is InChI=1S/C22H36F2N2O5S/c1-13-11-25(21(27)17-8-6-16(10-20(17)24)32(4,29)30)12-14(2)26(13)22(28)18-7-5-15(31-3)9-19(18)23/h13-20H,5-12H2,1-4H3/t13-,14-,15?,16?,17?,18?,19?,20?/m1/s1.